The Balaban J connectivity index is 2.68. The molecule has 0 saturated carbocycles. The predicted octanol–water partition coefficient (Wildman–Crippen LogP) is 3.33. The molecule has 2 aromatic heterocycles. The van der Waals surface area contributed by atoms with Gasteiger partial charge in [0.05, 0.1) is 5.69 Å². The van der Waals surface area contributed by atoms with E-state index in [0.717, 1.165) is 17.8 Å². The van der Waals surface area contributed by atoms with Crippen molar-refractivity contribution in [1.29, 1.82) is 0 Å². The van der Waals surface area contributed by atoms with Crippen LogP contribution in [0.1, 0.15) is 43.6 Å². The molecule has 0 spiro atoms. The summed E-state index contributed by atoms with van der Waals surface area (Å²) < 4.78 is 2.21. The van der Waals surface area contributed by atoms with E-state index in [0.29, 0.717) is 5.92 Å². The molecule has 2 heterocycles. The Morgan fingerprint density at radius 3 is 2.73 bits per heavy atom. The van der Waals surface area contributed by atoms with E-state index in [2.05, 4.69) is 55.4 Å². The second-order valence-corrected chi connectivity index (χ2v) is 4.35. The Hall–Kier alpha value is -1.31. The highest BCUT2D eigenvalue weighted by molar-refractivity contribution is 5.46. The van der Waals surface area contributed by atoms with Gasteiger partial charge in [0.1, 0.15) is 5.65 Å². The molecule has 0 aromatic carbocycles. The number of hydrogen-bond donors (Lipinski definition) is 0. The summed E-state index contributed by atoms with van der Waals surface area (Å²) in [6.07, 6.45) is 3.21. The normalized spacial score (nSPS) is 11.5. The molecule has 0 amide bonds. The van der Waals surface area contributed by atoms with Crippen LogP contribution < -0.4 is 0 Å². The smallest absolute Gasteiger partial charge is 0.137 e. The first-order chi connectivity index (χ1) is 7.13. The minimum Gasteiger partial charge on any atom is -0.304 e. The summed E-state index contributed by atoms with van der Waals surface area (Å²) in [7, 11) is 0. The van der Waals surface area contributed by atoms with Crippen molar-refractivity contribution in [3.05, 3.63) is 35.3 Å². The molecule has 2 aromatic rings. The second-order valence-electron chi connectivity index (χ2n) is 4.35. The molecule has 0 saturated heterocycles. The van der Waals surface area contributed by atoms with Crippen molar-refractivity contribution < 1.29 is 0 Å². The van der Waals surface area contributed by atoms with Gasteiger partial charge in [0.2, 0.25) is 0 Å². The highest BCUT2D eigenvalue weighted by atomic mass is 15.0. The van der Waals surface area contributed by atoms with Crippen molar-refractivity contribution in [2.24, 2.45) is 0 Å². The number of fused-ring (bicyclic) bond motifs is 1. The molecule has 0 aliphatic heterocycles. The standard InChI is InChI=1S/C13H18N2/c1-5-11-6-7-15-12(8-11)14-10(4)13(15)9(2)3/h6-9H,5H2,1-4H3. The van der Waals surface area contributed by atoms with Crippen molar-refractivity contribution in [2.75, 3.05) is 0 Å². The summed E-state index contributed by atoms with van der Waals surface area (Å²) in [5.41, 5.74) is 4.91. The van der Waals surface area contributed by atoms with E-state index < -0.39 is 0 Å². The van der Waals surface area contributed by atoms with E-state index in [9.17, 15) is 0 Å². The van der Waals surface area contributed by atoms with E-state index in [-0.39, 0.29) is 0 Å². The van der Waals surface area contributed by atoms with Gasteiger partial charge in [-0.3, -0.25) is 0 Å². The lowest BCUT2D eigenvalue weighted by Gasteiger charge is -2.06. The monoisotopic (exact) mass is 202 g/mol. The second kappa shape index (κ2) is 3.69. The van der Waals surface area contributed by atoms with Crippen LogP contribution in [0.15, 0.2) is 18.3 Å². The summed E-state index contributed by atoms with van der Waals surface area (Å²) in [4.78, 5) is 4.61. The fourth-order valence-electron chi connectivity index (χ4n) is 2.14. The number of hydrogen-bond acceptors (Lipinski definition) is 1. The maximum absolute atomic E-state index is 4.61. The molecule has 2 nitrogen and oxygen atoms in total. The summed E-state index contributed by atoms with van der Waals surface area (Å²) in [6.45, 7) is 8.69. The van der Waals surface area contributed by atoms with Gasteiger partial charge in [-0.2, -0.15) is 0 Å². The molecule has 0 aliphatic rings. The Morgan fingerprint density at radius 1 is 1.40 bits per heavy atom. The zero-order valence-electron chi connectivity index (χ0n) is 9.91. The number of imidazole rings is 1. The van der Waals surface area contributed by atoms with E-state index in [1.807, 2.05) is 0 Å². The van der Waals surface area contributed by atoms with Gasteiger partial charge in [0.25, 0.3) is 0 Å². The average Bonchev–Trinajstić information content (AvgIpc) is 2.52. The molecular weight excluding hydrogens is 184 g/mol. The molecule has 80 valence electrons. The third-order valence-corrected chi connectivity index (χ3v) is 2.87. The van der Waals surface area contributed by atoms with E-state index >= 15 is 0 Å². The van der Waals surface area contributed by atoms with Crippen LogP contribution in [0.2, 0.25) is 0 Å². The van der Waals surface area contributed by atoms with Crippen LogP contribution in [0, 0.1) is 6.92 Å². The molecule has 0 aliphatic carbocycles. The van der Waals surface area contributed by atoms with E-state index in [4.69, 9.17) is 0 Å². The highest BCUT2D eigenvalue weighted by Gasteiger charge is 2.11. The molecule has 0 atom stereocenters. The molecule has 2 rings (SSSR count). The van der Waals surface area contributed by atoms with Gasteiger partial charge < -0.3 is 4.40 Å². The predicted molar refractivity (Wildman–Crippen MR) is 63.4 cm³/mol. The van der Waals surface area contributed by atoms with Gasteiger partial charge in [-0.05, 0) is 37.0 Å². The van der Waals surface area contributed by atoms with Crippen LogP contribution in [-0.4, -0.2) is 9.38 Å². The average molecular weight is 202 g/mol. The first-order valence-electron chi connectivity index (χ1n) is 5.61. The van der Waals surface area contributed by atoms with Crippen LogP contribution >= 0.6 is 0 Å². The summed E-state index contributed by atoms with van der Waals surface area (Å²) in [5, 5.41) is 0. The lowest BCUT2D eigenvalue weighted by Crippen LogP contribution is -1.97. The Bertz CT molecular complexity index is 480. The van der Waals surface area contributed by atoms with Crippen LogP contribution in [-0.2, 0) is 6.42 Å². The lowest BCUT2D eigenvalue weighted by atomic mass is 10.1. The summed E-state index contributed by atoms with van der Waals surface area (Å²) >= 11 is 0. The Kier molecular flexibility index (Phi) is 2.51. The highest BCUT2D eigenvalue weighted by Crippen LogP contribution is 2.21. The fraction of sp³-hybridized carbons (Fsp3) is 0.462. The van der Waals surface area contributed by atoms with Crippen LogP contribution in [0.4, 0.5) is 0 Å². The zero-order chi connectivity index (χ0) is 11.0. The quantitative estimate of drug-likeness (QED) is 0.730. The van der Waals surface area contributed by atoms with Crippen LogP contribution in [0.5, 0.6) is 0 Å². The maximum Gasteiger partial charge on any atom is 0.137 e. The Labute approximate surface area is 91.0 Å². The number of pyridine rings is 1. The molecule has 2 heteroatoms. The topological polar surface area (TPSA) is 17.3 Å². The van der Waals surface area contributed by atoms with Gasteiger partial charge in [-0.25, -0.2) is 4.98 Å². The first kappa shape index (κ1) is 10.2. The van der Waals surface area contributed by atoms with Crippen molar-refractivity contribution >= 4 is 5.65 Å². The third kappa shape index (κ3) is 1.65. The molecule has 0 fully saturated rings. The first-order valence-corrected chi connectivity index (χ1v) is 5.61. The summed E-state index contributed by atoms with van der Waals surface area (Å²) in [6, 6.07) is 4.36. The number of nitrogens with zero attached hydrogens (tertiary/aromatic N) is 2. The van der Waals surface area contributed by atoms with Gasteiger partial charge in [0, 0.05) is 11.9 Å². The summed E-state index contributed by atoms with van der Waals surface area (Å²) in [5.74, 6) is 0.521. The van der Waals surface area contributed by atoms with Gasteiger partial charge in [0.15, 0.2) is 0 Å². The van der Waals surface area contributed by atoms with Crippen molar-refractivity contribution in [3.8, 4) is 0 Å². The van der Waals surface area contributed by atoms with Crippen molar-refractivity contribution in [3.63, 3.8) is 0 Å². The fourth-order valence-corrected chi connectivity index (χ4v) is 2.14. The van der Waals surface area contributed by atoms with E-state index in [1.54, 1.807) is 0 Å². The zero-order valence-corrected chi connectivity index (χ0v) is 9.91. The molecule has 0 radical (unpaired) electrons. The Morgan fingerprint density at radius 2 is 2.13 bits per heavy atom. The SMILES string of the molecule is CCc1ccn2c(C(C)C)c(C)nc2c1. The molecule has 0 bridgehead atoms. The van der Waals surface area contributed by atoms with E-state index in [1.165, 1.54) is 11.3 Å². The molecule has 0 N–H and O–H groups in total. The van der Waals surface area contributed by atoms with Crippen LogP contribution in [0.25, 0.3) is 5.65 Å². The van der Waals surface area contributed by atoms with Crippen molar-refractivity contribution in [2.45, 2.75) is 40.0 Å². The largest absolute Gasteiger partial charge is 0.304 e. The lowest BCUT2D eigenvalue weighted by molar-refractivity contribution is 0.798. The maximum atomic E-state index is 4.61. The van der Waals surface area contributed by atoms with Crippen LogP contribution in [0.3, 0.4) is 0 Å². The van der Waals surface area contributed by atoms with Gasteiger partial charge >= 0.3 is 0 Å². The third-order valence-electron chi connectivity index (χ3n) is 2.87. The molecule has 0 unspecified atom stereocenters. The number of aryl methyl sites for hydroxylation is 2. The van der Waals surface area contributed by atoms with Gasteiger partial charge in [-0.15, -0.1) is 0 Å². The minimum absolute atomic E-state index is 0.521. The number of aromatic nitrogens is 2. The number of rotatable bonds is 2. The minimum atomic E-state index is 0.521. The van der Waals surface area contributed by atoms with Crippen molar-refractivity contribution in [1.82, 2.24) is 9.38 Å². The molecule has 15 heavy (non-hydrogen) atoms. The molecular formula is C13H18N2. The van der Waals surface area contributed by atoms with Gasteiger partial charge in [-0.1, -0.05) is 20.8 Å².